The van der Waals surface area contributed by atoms with Gasteiger partial charge in [-0.05, 0) is 31.6 Å². The van der Waals surface area contributed by atoms with Crippen LogP contribution in [0.4, 0.5) is 0 Å². The second kappa shape index (κ2) is 3.49. The van der Waals surface area contributed by atoms with Gasteiger partial charge in [0.25, 0.3) is 0 Å². The highest BCUT2D eigenvalue weighted by Gasteiger charge is 2.47. The molecule has 1 aliphatic heterocycles. The number of nitrogens with one attached hydrogen (secondary N) is 1. The average Bonchev–Trinajstić information content (AvgIpc) is 2.09. The zero-order valence-corrected chi connectivity index (χ0v) is 8.93. The summed E-state index contributed by atoms with van der Waals surface area (Å²) < 4.78 is 6.02. The molecule has 1 N–H and O–H groups in total. The Kier molecular flexibility index (Phi) is 2.29. The minimum atomic E-state index is 0.272. The number of hydrogen-bond acceptors (Lipinski definition) is 2. The van der Waals surface area contributed by atoms with Crippen LogP contribution in [0.15, 0.2) is 0 Å². The lowest BCUT2D eigenvalue weighted by Crippen LogP contribution is -2.62. The number of ether oxygens (including phenoxy) is 1. The molecule has 1 atom stereocenters. The molecule has 0 radical (unpaired) electrons. The van der Waals surface area contributed by atoms with Crippen LogP contribution in [0.5, 0.6) is 0 Å². The zero-order chi connectivity index (χ0) is 9.43. The Bertz CT molecular complexity index is 208. The lowest BCUT2D eigenvalue weighted by Gasteiger charge is -2.52. The first-order valence-electron chi connectivity index (χ1n) is 6.26. The van der Waals surface area contributed by atoms with E-state index in [0.29, 0.717) is 6.04 Å². The molecular formula is C12H21NO. The van der Waals surface area contributed by atoms with E-state index >= 15 is 0 Å². The van der Waals surface area contributed by atoms with Crippen LogP contribution in [0.2, 0.25) is 0 Å². The lowest BCUT2D eigenvalue weighted by atomic mass is 9.68. The van der Waals surface area contributed by atoms with Gasteiger partial charge in [-0.3, -0.25) is 0 Å². The van der Waals surface area contributed by atoms with E-state index in [1.807, 2.05) is 0 Å². The predicted octanol–water partition coefficient (Wildman–Crippen LogP) is 2.09. The van der Waals surface area contributed by atoms with Crippen LogP contribution in [0, 0.1) is 5.92 Å². The molecule has 0 bridgehead atoms. The topological polar surface area (TPSA) is 21.3 Å². The van der Waals surface area contributed by atoms with Crippen molar-refractivity contribution >= 4 is 0 Å². The summed E-state index contributed by atoms with van der Waals surface area (Å²) in [5.74, 6) is 1.01. The SMILES string of the molecule is C1CC(CC2NCCOC23CCC3)C1. The molecule has 0 aromatic heterocycles. The molecular weight excluding hydrogens is 174 g/mol. The van der Waals surface area contributed by atoms with Gasteiger partial charge in [0, 0.05) is 12.6 Å². The standard InChI is InChI=1S/C12H21NO/c1-3-10(4-1)9-11-12(5-2-6-12)14-8-7-13-11/h10-11,13H,1-9H2. The number of morpholine rings is 1. The highest BCUT2D eigenvalue weighted by molar-refractivity contribution is 5.02. The smallest absolute Gasteiger partial charge is 0.0835 e. The van der Waals surface area contributed by atoms with Gasteiger partial charge in [0.05, 0.1) is 12.2 Å². The molecule has 1 unspecified atom stereocenters. The fraction of sp³-hybridized carbons (Fsp3) is 1.00. The Labute approximate surface area is 86.4 Å². The van der Waals surface area contributed by atoms with E-state index in [0.717, 1.165) is 19.1 Å². The van der Waals surface area contributed by atoms with Crippen molar-refractivity contribution in [3.63, 3.8) is 0 Å². The summed E-state index contributed by atoms with van der Waals surface area (Å²) in [6.07, 6.45) is 9.76. The molecule has 1 spiro atoms. The first kappa shape index (κ1) is 9.17. The summed E-state index contributed by atoms with van der Waals surface area (Å²) in [7, 11) is 0. The lowest BCUT2D eigenvalue weighted by molar-refractivity contribution is -0.149. The Balaban J connectivity index is 1.62. The highest BCUT2D eigenvalue weighted by Crippen LogP contribution is 2.43. The molecule has 14 heavy (non-hydrogen) atoms. The Morgan fingerprint density at radius 2 is 2.07 bits per heavy atom. The summed E-state index contributed by atoms with van der Waals surface area (Å²) in [5.41, 5.74) is 0.272. The van der Waals surface area contributed by atoms with Gasteiger partial charge in [0.1, 0.15) is 0 Å². The summed E-state index contributed by atoms with van der Waals surface area (Å²) in [6, 6.07) is 0.676. The third-order valence-corrected chi connectivity index (χ3v) is 4.51. The summed E-state index contributed by atoms with van der Waals surface area (Å²) in [5, 5.41) is 3.69. The predicted molar refractivity (Wildman–Crippen MR) is 56.3 cm³/mol. The highest BCUT2D eigenvalue weighted by atomic mass is 16.5. The van der Waals surface area contributed by atoms with Gasteiger partial charge < -0.3 is 10.1 Å². The zero-order valence-electron chi connectivity index (χ0n) is 8.93. The van der Waals surface area contributed by atoms with Gasteiger partial charge in [-0.15, -0.1) is 0 Å². The molecule has 2 nitrogen and oxygen atoms in total. The van der Waals surface area contributed by atoms with Crippen LogP contribution >= 0.6 is 0 Å². The minimum absolute atomic E-state index is 0.272. The summed E-state index contributed by atoms with van der Waals surface area (Å²) >= 11 is 0. The minimum Gasteiger partial charge on any atom is -0.372 e. The second-order valence-electron chi connectivity index (χ2n) is 5.31. The van der Waals surface area contributed by atoms with E-state index in [9.17, 15) is 0 Å². The van der Waals surface area contributed by atoms with Crippen molar-refractivity contribution in [1.82, 2.24) is 5.32 Å². The molecule has 3 fully saturated rings. The van der Waals surface area contributed by atoms with E-state index in [4.69, 9.17) is 4.74 Å². The number of rotatable bonds is 2. The molecule has 2 heteroatoms. The maximum Gasteiger partial charge on any atom is 0.0835 e. The van der Waals surface area contributed by atoms with Crippen molar-refractivity contribution in [1.29, 1.82) is 0 Å². The molecule has 1 saturated heterocycles. The first-order chi connectivity index (χ1) is 6.89. The average molecular weight is 195 g/mol. The molecule has 3 rings (SSSR count). The summed E-state index contributed by atoms with van der Waals surface area (Å²) in [4.78, 5) is 0. The van der Waals surface area contributed by atoms with Crippen LogP contribution in [0.3, 0.4) is 0 Å². The molecule has 2 aliphatic carbocycles. The van der Waals surface area contributed by atoms with Crippen molar-refractivity contribution in [2.45, 2.75) is 56.6 Å². The fourth-order valence-corrected chi connectivity index (χ4v) is 3.15. The Morgan fingerprint density at radius 3 is 2.64 bits per heavy atom. The normalized spacial score (nSPS) is 36.4. The van der Waals surface area contributed by atoms with E-state index < -0.39 is 0 Å². The Morgan fingerprint density at radius 1 is 1.21 bits per heavy atom. The molecule has 3 aliphatic rings. The van der Waals surface area contributed by atoms with Gasteiger partial charge in [-0.2, -0.15) is 0 Å². The molecule has 0 amide bonds. The summed E-state index contributed by atoms with van der Waals surface area (Å²) in [6.45, 7) is 2.00. The van der Waals surface area contributed by atoms with E-state index in [2.05, 4.69) is 5.32 Å². The van der Waals surface area contributed by atoms with Crippen LogP contribution in [0.25, 0.3) is 0 Å². The van der Waals surface area contributed by atoms with Gasteiger partial charge in [-0.25, -0.2) is 0 Å². The van der Waals surface area contributed by atoms with Gasteiger partial charge in [-0.1, -0.05) is 19.3 Å². The molecule has 2 saturated carbocycles. The van der Waals surface area contributed by atoms with Crippen LogP contribution in [0.1, 0.15) is 44.9 Å². The number of hydrogen-bond donors (Lipinski definition) is 1. The van der Waals surface area contributed by atoms with Crippen molar-refractivity contribution < 1.29 is 4.74 Å². The van der Waals surface area contributed by atoms with Crippen molar-refractivity contribution in [2.24, 2.45) is 5.92 Å². The molecule has 0 aromatic rings. The second-order valence-corrected chi connectivity index (χ2v) is 5.31. The van der Waals surface area contributed by atoms with Crippen molar-refractivity contribution in [3.05, 3.63) is 0 Å². The Hall–Kier alpha value is -0.0800. The van der Waals surface area contributed by atoms with E-state index in [1.165, 1.54) is 44.9 Å². The van der Waals surface area contributed by atoms with E-state index in [1.54, 1.807) is 0 Å². The monoisotopic (exact) mass is 195 g/mol. The quantitative estimate of drug-likeness (QED) is 0.728. The van der Waals surface area contributed by atoms with Crippen molar-refractivity contribution in [3.8, 4) is 0 Å². The van der Waals surface area contributed by atoms with Crippen LogP contribution in [-0.2, 0) is 4.74 Å². The third kappa shape index (κ3) is 1.40. The molecule has 1 heterocycles. The maximum atomic E-state index is 6.02. The first-order valence-corrected chi connectivity index (χ1v) is 6.26. The fourth-order valence-electron chi connectivity index (χ4n) is 3.15. The molecule has 0 aromatic carbocycles. The van der Waals surface area contributed by atoms with E-state index in [-0.39, 0.29) is 5.60 Å². The van der Waals surface area contributed by atoms with Crippen molar-refractivity contribution in [2.75, 3.05) is 13.2 Å². The van der Waals surface area contributed by atoms with Gasteiger partial charge in [0.2, 0.25) is 0 Å². The largest absolute Gasteiger partial charge is 0.372 e. The van der Waals surface area contributed by atoms with Gasteiger partial charge in [0.15, 0.2) is 0 Å². The van der Waals surface area contributed by atoms with Crippen LogP contribution in [-0.4, -0.2) is 24.8 Å². The third-order valence-electron chi connectivity index (χ3n) is 4.51. The maximum absolute atomic E-state index is 6.02. The molecule has 80 valence electrons. The van der Waals surface area contributed by atoms with Gasteiger partial charge >= 0.3 is 0 Å². The van der Waals surface area contributed by atoms with Crippen LogP contribution < -0.4 is 5.32 Å².